The second-order valence-electron chi connectivity index (χ2n) is 7.02. The van der Waals surface area contributed by atoms with Gasteiger partial charge in [0.2, 0.25) is 0 Å². The third kappa shape index (κ3) is 3.21. The molecule has 1 amide bonds. The second kappa shape index (κ2) is 7.37. The summed E-state index contributed by atoms with van der Waals surface area (Å²) < 4.78 is 0. The average molecular weight is 372 g/mol. The highest BCUT2D eigenvalue weighted by molar-refractivity contribution is 6.34. The summed E-state index contributed by atoms with van der Waals surface area (Å²) in [5.74, 6) is -0.0672. The van der Waals surface area contributed by atoms with Gasteiger partial charge < -0.3 is 21.4 Å². The van der Waals surface area contributed by atoms with E-state index in [1.54, 1.807) is 0 Å². The number of nitrogens with two attached hydrogens (primary N) is 1. The molecule has 0 saturated carbocycles. The van der Waals surface area contributed by atoms with Gasteiger partial charge in [-0.15, -0.1) is 0 Å². The summed E-state index contributed by atoms with van der Waals surface area (Å²) in [6, 6.07) is 16.1. The van der Waals surface area contributed by atoms with E-state index in [9.17, 15) is 4.79 Å². The Morgan fingerprint density at radius 1 is 1.11 bits per heavy atom. The van der Waals surface area contributed by atoms with E-state index >= 15 is 0 Å². The zero-order valence-electron chi connectivity index (χ0n) is 16.1. The Labute approximate surface area is 164 Å². The number of aromatic nitrogens is 1. The van der Waals surface area contributed by atoms with Crippen molar-refractivity contribution in [3.8, 4) is 11.1 Å². The van der Waals surface area contributed by atoms with Gasteiger partial charge in [-0.1, -0.05) is 30.3 Å². The molecule has 5 heteroatoms. The molecule has 0 spiro atoms. The van der Waals surface area contributed by atoms with Gasteiger partial charge in [-0.25, -0.2) is 0 Å². The van der Waals surface area contributed by atoms with E-state index in [4.69, 9.17) is 5.73 Å². The van der Waals surface area contributed by atoms with E-state index in [0.29, 0.717) is 12.1 Å². The van der Waals surface area contributed by atoms with Crippen LogP contribution in [0.5, 0.6) is 0 Å². The Hall–Kier alpha value is -3.31. The van der Waals surface area contributed by atoms with E-state index in [1.165, 1.54) is 0 Å². The summed E-state index contributed by atoms with van der Waals surface area (Å²) in [5.41, 5.74) is 14.6. The van der Waals surface area contributed by atoms with E-state index in [0.717, 1.165) is 51.6 Å². The highest BCUT2D eigenvalue weighted by atomic mass is 16.2. The normalized spacial score (nSPS) is 14.2. The molecular formula is C23H24N4O. The number of aromatic amines is 1. The van der Waals surface area contributed by atoms with Gasteiger partial charge >= 0.3 is 0 Å². The van der Waals surface area contributed by atoms with Crippen LogP contribution in [-0.4, -0.2) is 24.0 Å². The highest BCUT2D eigenvalue weighted by Crippen LogP contribution is 2.36. The standard InChI is InChI=1S/C23H24N4O/c1-14-21(13-19-18-8-3-4-9-20(18)27-23(19)28)26-15(2)22(14)16-6-5-7-17(12-16)25-11-10-24/h3-9,12-13,25-26H,10-11,24H2,1-2H3,(H,27,28)/b19-13-. The molecule has 5 nitrogen and oxygen atoms in total. The molecule has 142 valence electrons. The fourth-order valence-electron chi connectivity index (χ4n) is 3.78. The van der Waals surface area contributed by atoms with Crippen LogP contribution in [0, 0.1) is 13.8 Å². The number of rotatable bonds is 5. The summed E-state index contributed by atoms with van der Waals surface area (Å²) in [6.45, 7) is 5.48. The number of fused-ring (bicyclic) bond motifs is 1. The van der Waals surface area contributed by atoms with Crippen LogP contribution < -0.4 is 16.4 Å². The first-order chi connectivity index (χ1) is 13.6. The average Bonchev–Trinajstić information content (AvgIpc) is 3.16. The van der Waals surface area contributed by atoms with Crippen molar-refractivity contribution in [1.29, 1.82) is 0 Å². The number of amides is 1. The number of para-hydroxylation sites is 1. The van der Waals surface area contributed by atoms with Crippen molar-refractivity contribution in [2.24, 2.45) is 5.73 Å². The largest absolute Gasteiger partial charge is 0.384 e. The SMILES string of the molecule is Cc1[nH]c(/C=C2\C(=O)Nc3ccccc32)c(C)c1-c1cccc(NCCN)c1. The number of carbonyl (C=O) groups excluding carboxylic acids is 1. The van der Waals surface area contributed by atoms with Crippen molar-refractivity contribution in [3.05, 3.63) is 71.0 Å². The quantitative estimate of drug-likeness (QED) is 0.508. The third-order valence-electron chi connectivity index (χ3n) is 5.10. The number of carbonyl (C=O) groups is 1. The van der Waals surface area contributed by atoms with E-state index < -0.39 is 0 Å². The van der Waals surface area contributed by atoms with Gasteiger partial charge in [0.1, 0.15) is 0 Å². The van der Waals surface area contributed by atoms with Crippen LogP contribution in [0.15, 0.2) is 48.5 Å². The minimum absolute atomic E-state index is 0.0672. The molecule has 4 rings (SSSR count). The molecule has 2 aromatic carbocycles. The number of nitrogens with one attached hydrogen (secondary N) is 3. The molecule has 0 saturated heterocycles. The van der Waals surface area contributed by atoms with Crippen molar-refractivity contribution in [1.82, 2.24) is 4.98 Å². The van der Waals surface area contributed by atoms with E-state index in [2.05, 4.69) is 41.6 Å². The van der Waals surface area contributed by atoms with Crippen LogP contribution in [-0.2, 0) is 4.79 Å². The first kappa shape index (κ1) is 18.1. The minimum atomic E-state index is -0.0672. The maximum Gasteiger partial charge on any atom is 0.256 e. The topological polar surface area (TPSA) is 82.9 Å². The van der Waals surface area contributed by atoms with Crippen LogP contribution in [0.1, 0.15) is 22.5 Å². The Balaban J connectivity index is 1.74. The maximum atomic E-state index is 12.4. The second-order valence-corrected chi connectivity index (χ2v) is 7.02. The lowest BCUT2D eigenvalue weighted by molar-refractivity contribution is -0.110. The van der Waals surface area contributed by atoms with Crippen LogP contribution >= 0.6 is 0 Å². The lowest BCUT2D eigenvalue weighted by Gasteiger charge is -2.08. The van der Waals surface area contributed by atoms with Crippen molar-refractivity contribution in [2.45, 2.75) is 13.8 Å². The summed E-state index contributed by atoms with van der Waals surface area (Å²) in [7, 11) is 0. The fourth-order valence-corrected chi connectivity index (χ4v) is 3.78. The number of anilines is 2. The molecule has 0 fully saturated rings. The zero-order valence-corrected chi connectivity index (χ0v) is 16.1. The van der Waals surface area contributed by atoms with E-state index in [1.807, 2.05) is 42.5 Å². The van der Waals surface area contributed by atoms with Crippen LogP contribution in [0.4, 0.5) is 11.4 Å². The van der Waals surface area contributed by atoms with Crippen molar-refractivity contribution < 1.29 is 4.79 Å². The Bertz CT molecular complexity index is 1080. The van der Waals surface area contributed by atoms with Gasteiger partial charge in [-0.2, -0.15) is 0 Å². The minimum Gasteiger partial charge on any atom is -0.384 e. The van der Waals surface area contributed by atoms with Crippen molar-refractivity contribution in [3.63, 3.8) is 0 Å². The Kier molecular flexibility index (Phi) is 4.75. The molecular weight excluding hydrogens is 348 g/mol. The molecule has 0 atom stereocenters. The zero-order chi connectivity index (χ0) is 19.7. The molecule has 0 unspecified atom stereocenters. The molecule has 0 aliphatic carbocycles. The Morgan fingerprint density at radius 2 is 1.93 bits per heavy atom. The number of H-pyrrole nitrogens is 1. The van der Waals surface area contributed by atoms with Crippen LogP contribution in [0.3, 0.4) is 0 Å². The molecule has 1 aliphatic heterocycles. The maximum absolute atomic E-state index is 12.4. The first-order valence-electron chi connectivity index (χ1n) is 9.44. The lowest BCUT2D eigenvalue weighted by atomic mass is 9.99. The summed E-state index contributed by atoms with van der Waals surface area (Å²) >= 11 is 0. The summed E-state index contributed by atoms with van der Waals surface area (Å²) in [4.78, 5) is 15.9. The lowest BCUT2D eigenvalue weighted by Crippen LogP contribution is -2.12. The number of hydrogen-bond donors (Lipinski definition) is 4. The molecule has 28 heavy (non-hydrogen) atoms. The molecule has 0 radical (unpaired) electrons. The molecule has 3 aromatic rings. The van der Waals surface area contributed by atoms with Gasteiger partial charge in [-0.3, -0.25) is 4.79 Å². The third-order valence-corrected chi connectivity index (χ3v) is 5.10. The van der Waals surface area contributed by atoms with E-state index in [-0.39, 0.29) is 5.91 Å². The number of hydrogen-bond acceptors (Lipinski definition) is 3. The predicted octanol–water partition coefficient (Wildman–Crippen LogP) is 4.16. The van der Waals surface area contributed by atoms with Crippen LogP contribution in [0.2, 0.25) is 0 Å². The fraction of sp³-hybridized carbons (Fsp3) is 0.174. The van der Waals surface area contributed by atoms with Crippen molar-refractivity contribution in [2.75, 3.05) is 23.7 Å². The van der Waals surface area contributed by atoms with Crippen LogP contribution in [0.25, 0.3) is 22.8 Å². The predicted molar refractivity (Wildman–Crippen MR) is 116 cm³/mol. The van der Waals surface area contributed by atoms with Gasteiger partial charge in [0.25, 0.3) is 5.91 Å². The molecule has 1 aromatic heterocycles. The smallest absolute Gasteiger partial charge is 0.256 e. The van der Waals surface area contributed by atoms with Gasteiger partial charge in [-0.05, 0) is 49.2 Å². The van der Waals surface area contributed by atoms with Gasteiger partial charge in [0, 0.05) is 47.0 Å². The monoisotopic (exact) mass is 372 g/mol. The molecule has 1 aliphatic rings. The first-order valence-corrected chi connectivity index (χ1v) is 9.44. The summed E-state index contributed by atoms with van der Waals surface area (Å²) in [6.07, 6.45) is 1.95. The van der Waals surface area contributed by atoms with Gasteiger partial charge in [0.05, 0.1) is 5.57 Å². The molecule has 2 heterocycles. The van der Waals surface area contributed by atoms with Gasteiger partial charge in [0.15, 0.2) is 0 Å². The molecule has 5 N–H and O–H groups in total. The highest BCUT2D eigenvalue weighted by Gasteiger charge is 2.24. The number of aryl methyl sites for hydroxylation is 1. The van der Waals surface area contributed by atoms with Crippen molar-refractivity contribution >= 4 is 28.9 Å². The Morgan fingerprint density at radius 3 is 2.75 bits per heavy atom. The summed E-state index contributed by atoms with van der Waals surface area (Å²) in [5, 5.41) is 6.25. The molecule has 0 bridgehead atoms. The number of benzene rings is 2.